The predicted molar refractivity (Wildman–Crippen MR) is 71.0 cm³/mol. The molecular weight excluding hydrogens is 228 g/mol. The summed E-state index contributed by atoms with van der Waals surface area (Å²) in [5.74, 6) is 1.06. The van der Waals surface area contributed by atoms with Crippen molar-refractivity contribution in [3.8, 4) is 0 Å². The molecule has 4 nitrogen and oxygen atoms in total. The van der Waals surface area contributed by atoms with Crippen molar-refractivity contribution in [2.45, 2.75) is 63.8 Å². The number of amides is 1. The Bertz CT molecular complexity index is 259. The van der Waals surface area contributed by atoms with Crippen LogP contribution < -0.4 is 10.4 Å². The van der Waals surface area contributed by atoms with Crippen molar-refractivity contribution in [2.75, 3.05) is 13.1 Å². The molecule has 4 heteroatoms. The summed E-state index contributed by atoms with van der Waals surface area (Å²) in [5, 5.41) is 14.0. The Kier molecular flexibility index (Phi) is 5.45. The van der Waals surface area contributed by atoms with Crippen LogP contribution in [0.4, 0.5) is 0 Å². The van der Waals surface area contributed by atoms with Crippen LogP contribution in [0.15, 0.2) is 0 Å². The first-order valence-electron chi connectivity index (χ1n) is 7.55. The Labute approximate surface area is 110 Å². The summed E-state index contributed by atoms with van der Waals surface area (Å²) >= 11 is 0. The molecular formula is C14H26N2O2. The van der Waals surface area contributed by atoms with E-state index in [1.807, 2.05) is 0 Å². The smallest absolute Gasteiger partial charge is 0.220 e. The largest absolute Gasteiger partial charge is 0.634 e. The second-order valence-corrected chi connectivity index (χ2v) is 5.96. The standard InChI is InChI=1S/C14H26N2O2/c17-14(15-13-10-16(18)11-13)9-5-4-8-12-6-2-1-3-7-12/h12-13,16H,1-11H2,(H,15,17). The van der Waals surface area contributed by atoms with E-state index in [4.69, 9.17) is 0 Å². The lowest BCUT2D eigenvalue weighted by molar-refractivity contribution is -0.893. The topological polar surface area (TPSA) is 56.6 Å². The number of carbonyl (C=O) groups excluding carboxylic acids is 1. The van der Waals surface area contributed by atoms with E-state index in [1.165, 1.54) is 44.9 Å². The van der Waals surface area contributed by atoms with Crippen LogP contribution in [0.5, 0.6) is 0 Å². The molecule has 0 spiro atoms. The van der Waals surface area contributed by atoms with Crippen LogP contribution in [0.25, 0.3) is 0 Å². The molecule has 2 rings (SSSR count). The fraction of sp³-hybridized carbons (Fsp3) is 0.929. The van der Waals surface area contributed by atoms with Gasteiger partial charge in [0.2, 0.25) is 5.91 Å². The fourth-order valence-corrected chi connectivity index (χ4v) is 3.09. The number of hydroxylamine groups is 2. The maximum absolute atomic E-state index is 11.6. The van der Waals surface area contributed by atoms with Crippen molar-refractivity contribution in [1.29, 1.82) is 0 Å². The van der Waals surface area contributed by atoms with E-state index in [0.717, 1.165) is 12.3 Å². The van der Waals surface area contributed by atoms with Gasteiger partial charge in [0.25, 0.3) is 0 Å². The van der Waals surface area contributed by atoms with Gasteiger partial charge in [0.15, 0.2) is 0 Å². The average Bonchev–Trinajstić information content (AvgIpc) is 2.34. The summed E-state index contributed by atoms with van der Waals surface area (Å²) in [7, 11) is 0. The van der Waals surface area contributed by atoms with Crippen molar-refractivity contribution in [2.24, 2.45) is 5.92 Å². The number of quaternary nitrogens is 1. The Morgan fingerprint density at radius 2 is 1.89 bits per heavy atom. The quantitative estimate of drug-likeness (QED) is 0.549. The van der Waals surface area contributed by atoms with E-state index in [2.05, 4.69) is 5.32 Å². The summed E-state index contributed by atoms with van der Waals surface area (Å²) < 4.78 is 0. The van der Waals surface area contributed by atoms with E-state index in [-0.39, 0.29) is 17.0 Å². The number of rotatable bonds is 6. The molecule has 18 heavy (non-hydrogen) atoms. The van der Waals surface area contributed by atoms with Crippen molar-refractivity contribution in [1.82, 2.24) is 5.32 Å². The van der Waals surface area contributed by atoms with Crippen LogP contribution in [-0.2, 0) is 4.79 Å². The normalized spacial score (nSPS) is 28.7. The molecule has 0 atom stereocenters. The third-order valence-corrected chi connectivity index (χ3v) is 4.30. The van der Waals surface area contributed by atoms with E-state index in [9.17, 15) is 10.0 Å². The van der Waals surface area contributed by atoms with Gasteiger partial charge in [0.05, 0.1) is 0 Å². The minimum atomic E-state index is 0.135. The molecule has 1 heterocycles. The fourth-order valence-electron chi connectivity index (χ4n) is 3.09. The Balaban J connectivity index is 1.46. The Hall–Kier alpha value is -0.610. The second-order valence-electron chi connectivity index (χ2n) is 5.96. The Morgan fingerprint density at radius 3 is 2.56 bits per heavy atom. The molecule has 0 bridgehead atoms. The van der Waals surface area contributed by atoms with Gasteiger partial charge < -0.3 is 15.6 Å². The van der Waals surface area contributed by atoms with Crippen LogP contribution in [-0.4, -0.2) is 25.0 Å². The molecule has 0 aromatic heterocycles. The lowest BCUT2D eigenvalue weighted by atomic mass is 9.85. The highest BCUT2D eigenvalue weighted by molar-refractivity contribution is 5.76. The van der Waals surface area contributed by atoms with E-state index >= 15 is 0 Å². The molecule has 2 aliphatic rings. The van der Waals surface area contributed by atoms with Crippen molar-refractivity contribution >= 4 is 5.91 Å². The number of unbranched alkanes of at least 4 members (excludes halogenated alkanes) is 1. The monoisotopic (exact) mass is 254 g/mol. The SMILES string of the molecule is O=C(CCCCC1CCCCC1)NC1C[NH+]([O-])C1. The zero-order chi connectivity index (χ0) is 12.8. The molecule has 1 saturated heterocycles. The maximum atomic E-state index is 11.6. The van der Waals surface area contributed by atoms with Crippen LogP contribution >= 0.6 is 0 Å². The molecule has 0 radical (unpaired) electrons. The summed E-state index contributed by atoms with van der Waals surface area (Å²) in [6.07, 6.45) is 11.1. The van der Waals surface area contributed by atoms with Crippen LogP contribution in [0.1, 0.15) is 57.8 Å². The third kappa shape index (κ3) is 4.58. The van der Waals surface area contributed by atoms with Crippen molar-refractivity contribution in [3.05, 3.63) is 5.21 Å². The van der Waals surface area contributed by atoms with Crippen LogP contribution in [0, 0.1) is 11.1 Å². The van der Waals surface area contributed by atoms with Crippen LogP contribution in [0.3, 0.4) is 0 Å². The highest BCUT2D eigenvalue weighted by Crippen LogP contribution is 2.27. The van der Waals surface area contributed by atoms with Gasteiger partial charge in [-0.3, -0.25) is 4.79 Å². The van der Waals surface area contributed by atoms with Gasteiger partial charge in [-0.1, -0.05) is 44.9 Å². The lowest BCUT2D eigenvalue weighted by Gasteiger charge is -2.38. The van der Waals surface area contributed by atoms with Gasteiger partial charge in [0, 0.05) is 6.42 Å². The summed E-state index contributed by atoms with van der Waals surface area (Å²) in [6, 6.07) is 0.142. The van der Waals surface area contributed by atoms with E-state index in [0.29, 0.717) is 19.5 Å². The molecule has 1 amide bonds. The third-order valence-electron chi connectivity index (χ3n) is 4.30. The molecule has 1 saturated carbocycles. The average molecular weight is 254 g/mol. The lowest BCUT2D eigenvalue weighted by Crippen LogP contribution is -3.18. The van der Waals surface area contributed by atoms with Crippen LogP contribution in [0.2, 0.25) is 0 Å². The maximum Gasteiger partial charge on any atom is 0.220 e. The molecule has 0 unspecified atom stereocenters. The number of hydrogen-bond donors (Lipinski definition) is 2. The number of hydrogen-bond acceptors (Lipinski definition) is 2. The molecule has 0 aromatic carbocycles. The number of carbonyl (C=O) groups is 1. The Morgan fingerprint density at radius 1 is 1.17 bits per heavy atom. The molecule has 0 aromatic rings. The molecule has 1 aliphatic carbocycles. The number of nitrogens with one attached hydrogen (secondary N) is 2. The minimum absolute atomic E-state index is 0.135. The zero-order valence-electron chi connectivity index (χ0n) is 11.2. The molecule has 2 N–H and O–H groups in total. The summed E-state index contributed by atoms with van der Waals surface area (Å²) in [4.78, 5) is 11.6. The minimum Gasteiger partial charge on any atom is -0.634 e. The van der Waals surface area contributed by atoms with Gasteiger partial charge in [-0.15, -0.1) is 0 Å². The van der Waals surface area contributed by atoms with E-state index in [1.54, 1.807) is 0 Å². The van der Waals surface area contributed by atoms with E-state index < -0.39 is 0 Å². The first kappa shape index (κ1) is 13.8. The van der Waals surface area contributed by atoms with Gasteiger partial charge in [-0.05, 0) is 12.3 Å². The molecule has 2 fully saturated rings. The first-order valence-corrected chi connectivity index (χ1v) is 7.55. The molecule has 104 valence electrons. The highest BCUT2D eigenvalue weighted by atomic mass is 16.5. The van der Waals surface area contributed by atoms with Crippen molar-refractivity contribution in [3.63, 3.8) is 0 Å². The molecule has 1 aliphatic heterocycles. The summed E-state index contributed by atoms with van der Waals surface area (Å²) in [6.45, 7) is 1.10. The second kappa shape index (κ2) is 7.10. The summed E-state index contributed by atoms with van der Waals surface area (Å²) in [5.41, 5.74) is 0. The predicted octanol–water partition coefficient (Wildman–Crippen LogP) is 1.01. The van der Waals surface area contributed by atoms with Gasteiger partial charge in [-0.25, -0.2) is 0 Å². The van der Waals surface area contributed by atoms with Gasteiger partial charge >= 0.3 is 0 Å². The zero-order valence-corrected chi connectivity index (χ0v) is 11.2. The highest BCUT2D eigenvalue weighted by Gasteiger charge is 2.26. The first-order chi connectivity index (χ1) is 8.74. The van der Waals surface area contributed by atoms with Gasteiger partial charge in [-0.2, -0.15) is 0 Å². The van der Waals surface area contributed by atoms with Gasteiger partial charge in [0.1, 0.15) is 19.1 Å². The van der Waals surface area contributed by atoms with Crippen molar-refractivity contribution < 1.29 is 9.86 Å².